The summed E-state index contributed by atoms with van der Waals surface area (Å²) in [6.45, 7) is 0.120. The van der Waals surface area contributed by atoms with Crippen molar-refractivity contribution in [2.45, 2.75) is 24.9 Å². The first-order valence-corrected chi connectivity index (χ1v) is 5.56. The van der Waals surface area contributed by atoms with Crippen LogP contribution in [0.25, 0.3) is 0 Å². The second-order valence-corrected chi connectivity index (χ2v) is 4.53. The van der Waals surface area contributed by atoms with Crippen LogP contribution in [0.1, 0.15) is 24.4 Å². The number of hydrogen-bond donors (Lipinski definition) is 2. The number of nitrogens with one attached hydrogen (secondary N) is 1. The highest BCUT2D eigenvalue weighted by Crippen LogP contribution is 2.24. The molecule has 3 nitrogen and oxygen atoms in total. The fraction of sp³-hybridized carbons (Fsp3) is 0.500. The number of aliphatic hydroxyl groups excluding tert-OH is 1. The summed E-state index contributed by atoms with van der Waals surface area (Å²) in [4.78, 5) is 4.08. The minimum Gasteiger partial charge on any atom is -0.394 e. The van der Waals surface area contributed by atoms with Gasteiger partial charge in [0.05, 0.1) is 12.6 Å². The van der Waals surface area contributed by atoms with Gasteiger partial charge in [-0.25, -0.2) is 0 Å². The SMILES string of the molecule is OCC(NC1CC1)c1cncc(Br)c1. The van der Waals surface area contributed by atoms with Crippen LogP contribution < -0.4 is 5.32 Å². The van der Waals surface area contributed by atoms with Crippen molar-refractivity contribution in [1.29, 1.82) is 0 Å². The van der Waals surface area contributed by atoms with Gasteiger partial charge >= 0.3 is 0 Å². The van der Waals surface area contributed by atoms with Crippen LogP contribution in [0, 0.1) is 0 Å². The van der Waals surface area contributed by atoms with Crippen LogP contribution in [0.5, 0.6) is 0 Å². The van der Waals surface area contributed by atoms with Gasteiger partial charge < -0.3 is 10.4 Å². The van der Waals surface area contributed by atoms with E-state index in [9.17, 15) is 5.11 Å². The van der Waals surface area contributed by atoms with Crippen molar-refractivity contribution in [3.8, 4) is 0 Å². The van der Waals surface area contributed by atoms with Gasteiger partial charge in [0.25, 0.3) is 0 Å². The van der Waals surface area contributed by atoms with Crippen LogP contribution in [0.2, 0.25) is 0 Å². The van der Waals surface area contributed by atoms with Gasteiger partial charge in [0, 0.05) is 22.9 Å². The van der Waals surface area contributed by atoms with Crippen molar-refractivity contribution in [1.82, 2.24) is 10.3 Å². The van der Waals surface area contributed by atoms with Crippen molar-refractivity contribution in [2.24, 2.45) is 0 Å². The molecule has 4 heteroatoms. The Labute approximate surface area is 91.7 Å². The summed E-state index contributed by atoms with van der Waals surface area (Å²) in [5, 5.41) is 12.6. The first kappa shape index (κ1) is 10.1. The molecule has 0 saturated heterocycles. The van der Waals surface area contributed by atoms with E-state index in [1.165, 1.54) is 12.8 Å². The van der Waals surface area contributed by atoms with Crippen LogP contribution >= 0.6 is 15.9 Å². The number of pyridine rings is 1. The lowest BCUT2D eigenvalue weighted by atomic mass is 10.1. The lowest BCUT2D eigenvalue weighted by molar-refractivity contribution is 0.243. The highest BCUT2D eigenvalue weighted by Gasteiger charge is 2.25. The molecule has 0 amide bonds. The molecule has 1 aromatic heterocycles. The number of hydrogen-bond acceptors (Lipinski definition) is 3. The molecule has 1 fully saturated rings. The van der Waals surface area contributed by atoms with E-state index in [1.54, 1.807) is 12.4 Å². The molecule has 14 heavy (non-hydrogen) atoms. The second-order valence-electron chi connectivity index (χ2n) is 3.61. The lowest BCUT2D eigenvalue weighted by Crippen LogP contribution is -2.26. The summed E-state index contributed by atoms with van der Waals surface area (Å²) < 4.78 is 0.950. The lowest BCUT2D eigenvalue weighted by Gasteiger charge is -2.15. The van der Waals surface area contributed by atoms with Crippen molar-refractivity contribution >= 4 is 15.9 Å². The van der Waals surface area contributed by atoms with Gasteiger partial charge in [0.2, 0.25) is 0 Å². The Morgan fingerprint density at radius 1 is 1.57 bits per heavy atom. The molecule has 76 valence electrons. The first-order chi connectivity index (χ1) is 6.79. The molecule has 0 radical (unpaired) electrons. The molecule has 0 aliphatic heterocycles. The third-order valence-electron chi connectivity index (χ3n) is 2.33. The van der Waals surface area contributed by atoms with Gasteiger partial charge in [-0.1, -0.05) is 0 Å². The van der Waals surface area contributed by atoms with Crippen LogP contribution in [-0.4, -0.2) is 22.7 Å². The number of aliphatic hydroxyl groups is 1. The first-order valence-electron chi connectivity index (χ1n) is 4.77. The van der Waals surface area contributed by atoms with E-state index >= 15 is 0 Å². The van der Waals surface area contributed by atoms with Crippen molar-refractivity contribution in [3.63, 3.8) is 0 Å². The topological polar surface area (TPSA) is 45.1 Å². The third-order valence-corrected chi connectivity index (χ3v) is 2.76. The Kier molecular flexibility index (Phi) is 3.15. The zero-order valence-electron chi connectivity index (χ0n) is 7.78. The van der Waals surface area contributed by atoms with Crippen molar-refractivity contribution < 1.29 is 5.11 Å². The van der Waals surface area contributed by atoms with E-state index < -0.39 is 0 Å². The van der Waals surface area contributed by atoms with Crippen molar-refractivity contribution in [2.75, 3.05) is 6.61 Å². The Bertz CT molecular complexity index is 315. The predicted octanol–water partition coefficient (Wildman–Crippen LogP) is 1.63. The molecule has 0 spiro atoms. The maximum absolute atomic E-state index is 9.24. The summed E-state index contributed by atoms with van der Waals surface area (Å²) in [6, 6.07) is 2.60. The average Bonchev–Trinajstić information content (AvgIpc) is 2.98. The fourth-order valence-corrected chi connectivity index (χ4v) is 1.79. The second kappa shape index (κ2) is 4.38. The molecule has 1 atom stereocenters. The molecule has 1 aliphatic carbocycles. The highest BCUT2D eigenvalue weighted by molar-refractivity contribution is 9.10. The molecule has 1 aromatic rings. The van der Waals surface area contributed by atoms with Crippen LogP contribution in [0.3, 0.4) is 0 Å². The zero-order chi connectivity index (χ0) is 9.97. The molecule has 1 heterocycles. The molecule has 0 bridgehead atoms. The third kappa shape index (κ3) is 2.53. The normalized spacial score (nSPS) is 18.1. The number of aromatic nitrogens is 1. The Balaban J connectivity index is 2.08. The largest absolute Gasteiger partial charge is 0.394 e. The summed E-state index contributed by atoms with van der Waals surface area (Å²) in [7, 11) is 0. The summed E-state index contributed by atoms with van der Waals surface area (Å²) in [5.74, 6) is 0. The van der Waals surface area contributed by atoms with E-state index in [0.29, 0.717) is 6.04 Å². The van der Waals surface area contributed by atoms with Crippen LogP contribution in [0.15, 0.2) is 22.9 Å². The molecule has 2 N–H and O–H groups in total. The summed E-state index contributed by atoms with van der Waals surface area (Å²) in [5.41, 5.74) is 1.04. The van der Waals surface area contributed by atoms with Gasteiger partial charge in [0.1, 0.15) is 0 Å². The van der Waals surface area contributed by atoms with Crippen LogP contribution in [-0.2, 0) is 0 Å². The molecular weight excluding hydrogens is 244 g/mol. The standard InChI is InChI=1S/C10H13BrN2O/c11-8-3-7(4-12-5-8)10(6-14)13-9-1-2-9/h3-5,9-10,13-14H,1-2,6H2. The quantitative estimate of drug-likeness (QED) is 0.861. The smallest absolute Gasteiger partial charge is 0.0627 e. The van der Waals surface area contributed by atoms with Gasteiger partial charge in [-0.15, -0.1) is 0 Å². The number of halogens is 1. The molecule has 2 rings (SSSR count). The Hall–Kier alpha value is -0.450. The van der Waals surface area contributed by atoms with E-state index in [4.69, 9.17) is 0 Å². The minimum atomic E-state index is 0.0208. The van der Waals surface area contributed by atoms with Gasteiger partial charge in [-0.2, -0.15) is 0 Å². The monoisotopic (exact) mass is 256 g/mol. The predicted molar refractivity (Wildman–Crippen MR) is 57.9 cm³/mol. The van der Waals surface area contributed by atoms with E-state index in [-0.39, 0.29) is 12.6 Å². The molecular formula is C10H13BrN2O. The van der Waals surface area contributed by atoms with E-state index in [0.717, 1.165) is 10.0 Å². The minimum absolute atomic E-state index is 0.0208. The number of nitrogens with zero attached hydrogens (tertiary/aromatic N) is 1. The summed E-state index contributed by atoms with van der Waals surface area (Å²) in [6.07, 6.45) is 5.98. The molecule has 1 aliphatic rings. The number of rotatable bonds is 4. The molecule has 1 unspecified atom stereocenters. The van der Waals surface area contributed by atoms with Gasteiger partial charge in [-0.3, -0.25) is 4.98 Å². The average molecular weight is 257 g/mol. The Morgan fingerprint density at radius 2 is 2.36 bits per heavy atom. The molecule has 0 aromatic carbocycles. The van der Waals surface area contributed by atoms with Gasteiger partial charge in [-0.05, 0) is 40.4 Å². The zero-order valence-corrected chi connectivity index (χ0v) is 9.37. The van der Waals surface area contributed by atoms with E-state index in [2.05, 4.69) is 26.2 Å². The fourth-order valence-electron chi connectivity index (χ4n) is 1.41. The maximum Gasteiger partial charge on any atom is 0.0627 e. The highest BCUT2D eigenvalue weighted by atomic mass is 79.9. The maximum atomic E-state index is 9.24. The van der Waals surface area contributed by atoms with Gasteiger partial charge in [0.15, 0.2) is 0 Å². The summed E-state index contributed by atoms with van der Waals surface area (Å²) >= 11 is 3.37. The molecule has 1 saturated carbocycles. The van der Waals surface area contributed by atoms with Crippen molar-refractivity contribution in [3.05, 3.63) is 28.5 Å². The van der Waals surface area contributed by atoms with Crippen LogP contribution in [0.4, 0.5) is 0 Å². The van der Waals surface area contributed by atoms with E-state index in [1.807, 2.05) is 6.07 Å². The Morgan fingerprint density at radius 3 is 2.93 bits per heavy atom.